The minimum absolute atomic E-state index is 0.186. The van der Waals surface area contributed by atoms with Crippen LogP contribution in [-0.4, -0.2) is 66.0 Å². The number of amides is 1. The van der Waals surface area contributed by atoms with Crippen LogP contribution in [0.1, 0.15) is 16.8 Å². The first-order chi connectivity index (χ1) is 20.6. The molecule has 2 aliphatic heterocycles. The number of hydrogen-bond donors (Lipinski definition) is 0. The number of anilines is 2. The molecule has 0 radical (unpaired) electrons. The normalized spacial score (nSPS) is 16.7. The highest BCUT2D eigenvalue weighted by molar-refractivity contribution is 7.98. The molecule has 214 valence electrons. The molecule has 0 saturated carbocycles. The number of piperazine rings is 1. The Kier molecular flexibility index (Phi) is 8.11. The molecule has 1 atom stereocenters. The third kappa shape index (κ3) is 5.57. The molecule has 42 heavy (non-hydrogen) atoms. The Labute approximate surface area is 248 Å². The summed E-state index contributed by atoms with van der Waals surface area (Å²) in [5.41, 5.74) is 3.96. The summed E-state index contributed by atoms with van der Waals surface area (Å²) in [6.07, 6.45) is 2.30. The zero-order valence-corrected chi connectivity index (χ0v) is 24.2. The second kappa shape index (κ2) is 12.2. The van der Waals surface area contributed by atoms with E-state index in [2.05, 4.69) is 14.6 Å². The molecule has 2 aliphatic rings. The maximum absolute atomic E-state index is 14.5. The van der Waals surface area contributed by atoms with E-state index in [1.54, 1.807) is 4.90 Å². The molecule has 1 unspecified atom stereocenters. The first-order valence-electron chi connectivity index (χ1n) is 14.0. The van der Waals surface area contributed by atoms with Gasteiger partial charge in [0.15, 0.2) is 5.16 Å². The van der Waals surface area contributed by atoms with Crippen LogP contribution >= 0.6 is 11.8 Å². The van der Waals surface area contributed by atoms with Crippen LogP contribution in [0.5, 0.6) is 0 Å². The van der Waals surface area contributed by atoms with Crippen LogP contribution in [-0.2, 0) is 24.3 Å². The second-order valence-corrected chi connectivity index (χ2v) is 11.2. The van der Waals surface area contributed by atoms with Crippen molar-refractivity contribution < 1.29 is 13.9 Å². The molecular formula is C32H31FN6O2S. The van der Waals surface area contributed by atoms with Crippen molar-refractivity contribution >= 4 is 40.1 Å². The van der Waals surface area contributed by atoms with E-state index in [0.29, 0.717) is 36.7 Å². The molecule has 3 aromatic carbocycles. The maximum Gasteiger partial charge on any atom is 0.410 e. The summed E-state index contributed by atoms with van der Waals surface area (Å²) < 4.78 is 20.1. The highest BCUT2D eigenvalue weighted by atomic mass is 32.2. The van der Waals surface area contributed by atoms with Crippen molar-refractivity contribution in [1.82, 2.24) is 14.9 Å². The van der Waals surface area contributed by atoms with Gasteiger partial charge < -0.3 is 19.4 Å². The molecule has 4 aromatic rings. The van der Waals surface area contributed by atoms with Crippen LogP contribution in [0, 0.1) is 12.4 Å². The number of benzene rings is 3. The fourth-order valence-electron chi connectivity index (χ4n) is 5.82. The molecule has 3 heterocycles. The van der Waals surface area contributed by atoms with E-state index < -0.39 is 6.09 Å². The van der Waals surface area contributed by atoms with Crippen molar-refractivity contribution in [1.29, 1.82) is 0 Å². The molecular weight excluding hydrogens is 551 g/mol. The van der Waals surface area contributed by atoms with Crippen molar-refractivity contribution in [3.63, 3.8) is 0 Å². The van der Waals surface area contributed by atoms with Crippen molar-refractivity contribution in [2.24, 2.45) is 0 Å². The Morgan fingerprint density at radius 2 is 1.81 bits per heavy atom. The summed E-state index contributed by atoms with van der Waals surface area (Å²) in [5, 5.41) is 2.18. The predicted molar refractivity (Wildman–Crippen MR) is 163 cm³/mol. The van der Waals surface area contributed by atoms with Crippen molar-refractivity contribution in [2.45, 2.75) is 30.8 Å². The minimum atomic E-state index is -0.399. The zero-order valence-electron chi connectivity index (χ0n) is 23.4. The first kappa shape index (κ1) is 27.8. The number of halogens is 1. The van der Waals surface area contributed by atoms with Gasteiger partial charge in [0.25, 0.3) is 0 Å². The summed E-state index contributed by atoms with van der Waals surface area (Å²) >= 11 is 1.49. The lowest BCUT2D eigenvalue weighted by atomic mass is 10.0. The van der Waals surface area contributed by atoms with Crippen LogP contribution in [0.3, 0.4) is 0 Å². The van der Waals surface area contributed by atoms with Gasteiger partial charge >= 0.3 is 6.09 Å². The van der Waals surface area contributed by atoms with Gasteiger partial charge in [-0.1, -0.05) is 66.4 Å². The molecule has 8 nitrogen and oxygen atoms in total. The Morgan fingerprint density at radius 1 is 1.02 bits per heavy atom. The van der Waals surface area contributed by atoms with Crippen molar-refractivity contribution in [2.75, 3.05) is 48.8 Å². The Morgan fingerprint density at radius 3 is 2.60 bits per heavy atom. The van der Waals surface area contributed by atoms with Crippen LogP contribution < -0.4 is 9.80 Å². The number of nitrogens with zero attached hydrogens (tertiary/aromatic N) is 6. The van der Waals surface area contributed by atoms with E-state index in [0.717, 1.165) is 46.7 Å². The topological polar surface area (TPSA) is 66.2 Å². The van der Waals surface area contributed by atoms with Gasteiger partial charge in [-0.05, 0) is 30.4 Å². The van der Waals surface area contributed by atoms with Crippen LogP contribution in [0.4, 0.5) is 20.7 Å². The van der Waals surface area contributed by atoms with Gasteiger partial charge in [0.1, 0.15) is 24.3 Å². The average Bonchev–Trinajstić information content (AvgIpc) is 3.03. The summed E-state index contributed by atoms with van der Waals surface area (Å²) in [6, 6.07) is 20.2. The number of rotatable bonds is 6. The zero-order chi connectivity index (χ0) is 29.1. The number of carbonyl (C=O) groups excluding carboxylic acids is 1. The molecule has 1 saturated heterocycles. The van der Waals surface area contributed by atoms with E-state index in [1.165, 1.54) is 17.8 Å². The van der Waals surface area contributed by atoms with E-state index >= 15 is 0 Å². The lowest BCUT2D eigenvalue weighted by molar-refractivity contribution is 0.0788. The molecule has 6 rings (SSSR count). The number of fused-ring (bicyclic) bond motifs is 2. The summed E-state index contributed by atoms with van der Waals surface area (Å²) in [4.78, 5) is 32.6. The lowest BCUT2D eigenvalue weighted by Gasteiger charge is -2.40. The fraction of sp³-hybridized carbons (Fsp3) is 0.312. The summed E-state index contributed by atoms with van der Waals surface area (Å²) in [6.45, 7) is 10.8. The van der Waals surface area contributed by atoms with Gasteiger partial charge in [0.05, 0.1) is 12.2 Å². The van der Waals surface area contributed by atoms with Gasteiger partial charge in [-0.3, -0.25) is 4.90 Å². The summed E-state index contributed by atoms with van der Waals surface area (Å²) in [7, 11) is 0. The quantitative estimate of drug-likeness (QED) is 0.162. The molecule has 0 aliphatic carbocycles. The Balaban J connectivity index is 1.23. The number of thioether (sulfide) groups is 1. The van der Waals surface area contributed by atoms with Crippen LogP contribution in [0.15, 0.2) is 71.9 Å². The molecule has 0 N–H and O–H groups in total. The van der Waals surface area contributed by atoms with Gasteiger partial charge in [0, 0.05) is 48.2 Å². The number of hydrogen-bond acceptors (Lipinski definition) is 7. The molecule has 1 amide bonds. The van der Waals surface area contributed by atoms with E-state index in [1.807, 2.05) is 66.9 Å². The Hall–Kier alpha value is -4.36. The number of carbonyl (C=O) groups is 1. The van der Waals surface area contributed by atoms with Gasteiger partial charge in [-0.25, -0.2) is 25.7 Å². The highest BCUT2D eigenvalue weighted by Gasteiger charge is 2.36. The van der Waals surface area contributed by atoms with Crippen LogP contribution in [0.25, 0.3) is 15.6 Å². The standard InChI is InChI=1S/C32H31FN6O2S/c1-34-18-23-19-38(16-17-39(23)32(40)41-21-22-8-4-3-5-9-22)30-26-14-15-37(20-28(26)35-31(36-30)42-2)29-13-12-27(33)24-10-6-7-11-25(24)29/h3-13,23H,14-21H2,2H3. The Bertz CT molecular complexity index is 1650. The second-order valence-electron chi connectivity index (χ2n) is 10.4. The average molecular weight is 583 g/mol. The first-order valence-corrected chi connectivity index (χ1v) is 15.2. The molecule has 1 fully saturated rings. The smallest absolute Gasteiger partial charge is 0.410 e. The summed E-state index contributed by atoms with van der Waals surface area (Å²) in [5.74, 6) is 0.651. The fourth-order valence-corrected chi connectivity index (χ4v) is 6.20. The van der Waals surface area contributed by atoms with Crippen molar-refractivity contribution in [3.05, 3.63) is 101 Å². The van der Waals surface area contributed by atoms with Crippen LogP contribution in [0.2, 0.25) is 0 Å². The maximum atomic E-state index is 14.5. The largest absolute Gasteiger partial charge is 0.445 e. The third-order valence-corrected chi connectivity index (χ3v) is 8.47. The van der Waals surface area contributed by atoms with Gasteiger partial charge in [-0.2, -0.15) is 0 Å². The predicted octanol–water partition coefficient (Wildman–Crippen LogP) is 5.80. The molecule has 0 bridgehead atoms. The lowest BCUT2D eigenvalue weighted by Crippen LogP contribution is -2.57. The van der Waals surface area contributed by atoms with E-state index in [-0.39, 0.29) is 25.0 Å². The monoisotopic (exact) mass is 582 g/mol. The van der Waals surface area contributed by atoms with Gasteiger partial charge in [0.2, 0.25) is 6.54 Å². The third-order valence-electron chi connectivity index (χ3n) is 7.92. The van der Waals surface area contributed by atoms with Crippen molar-refractivity contribution in [3.8, 4) is 0 Å². The van der Waals surface area contributed by atoms with E-state index in [4.69, 9.17) is 21.3 Å². The molecule has 10 heteroatoms. The number of ether oxygens (including phenoxy) is 1. The van der Waals surface area contributed by atoms with E-state index in [9.17, 15) is 9.18 Å². The molecule has 0 spiro atoms. The number of aromatic nitrogens is 2. The van der Waals surface area contributed by atoms with Gasteiger partial charge in [-0.15, -0.1) is 0 Å². The minimum Gasteiger partial charge on any atom is -0.445 e. The molecule has 1 aromatic heterocycles. The highest BCUT2D eigenvalue weighted by Crippen LogP contribution is 2.35. The SMILES string of the molecule is [C-]#[N+]CC1CN(c2nc(SC)nc3c2CCN(c2ccc(F)c4ccccc24)C3)CCN1C(=O)OCc1ccccc1.